The predicted molar refractivity (Wildman–Crippen MR) is 54.4 cm³/mol. The first-order valence-electron chi connectivity index (χ1n) is 5.40. The van der Waals surface area contributed by atoms with E-state index in [0.717, 1.165) is 12.2 Å². The Balaban J connectivity index is 2.79. The van der Waals surface area contributed by atoms with Gasteiger partial charge in [0.05, 0.1) is 0 Å². The smallest absolute Gasteiger partial charge is 0.329 e. The average molecular weight is 304 g/mol. The second-order valence-electron chi connectivity index (χ2n) is 3.97. The Morgan fingerprint density at radius 1 is 0.750 bits per heavy atom. The summed E-state index contributed by atoms with van der Waals surface area (Å²) in [5.41, 5.74) is 0. The molecule has 0 saturated heterocycles. The molecule has 0 aromatic rings. The maximum atomic E-state index is 12.2. The molecule has 0 bridgehead atoms. The van der Waals surface area contributed by atoms with E-state index in [-0.39, 0.29) is 13.1 Å². The van der Waals surface area contributed by atoms with E-state index in [1.807, 2.05) is 0 Å². The topological polar surface area (TPSA) is 40.6 Å². The van der Waals surface area contributed by atoms with Crippen molar-refractivity contribution in [2.75, 3.05) is 26.2 Å². The number of carbonyl (C=O) groups is 2. The number of rotatable bonds is 0. The molecule has 0 atom stereocenters. The molecule has 0 unspecified atom stereocenters. The Morgan fingerprint density at radius 2 is 1.05 bits per heavy atom. The van der Waals surface area contributed by atoms with Crippen molar-refractivity contribution in [1.29, 1.82) is 0 Å². The molecule has 0 N–H and O–H groups in total. The molecular weight excluding hydrogens is 294 g/mol. The van der Waals surface area contributed by atoms with Gasteiger partial charge < -0.3 is 9.80 Å². The molecule has 114 valence electrons. The molecule has 4 nitrogen and oxygen atoms in total. The maximum absolute atomic E-state index is 12.2. The highest BCUT2D eigenvalue weighted by molar-refractivity contribution is 5.83. The molecule has 1 rings (SSSR count). The predicted octanol–water partition coefficient (Wildman–Crippen LogP) is 1.34. The Kier molecular flexibility index (Phi) is 4.66. The zero-order valence-corrected chi connectivity index (χ0v) is 9.96. The van der Waals surface area contributed by atoms with Gasteiger partial charge in [0.15, 0.2) is 0 Å². The number of alkyl halides is 6. The summed E-state index contributed by atoms with van der Waals surface area (Å²) >= 11 is 0. The summed E-state index contributed by atoms with van der Waals surface area (Å²) < 4.78 is 73.4. The minimum atomic E-state index is -5.11. The van der Waals surface area contributed by atoms with Gasteiger partial charge in [-0.25, -0.2) is 0 Å². The molecule has 0 spiro atoms. The van der Waals surface area contributed by atoms with Crippen LogP contribution in [0.15, 0.2) is 12.2 Å². The quantitative estimate of drug-likeness (QED) is 0.500. The number of carbonyl (C=O) groups excluding carboxylic acids is 2. The third-order valence-corrected chi connectivity index (χ3v) is 2.52. The van der Waals surface area contributed by atoms with Crippen LogP contribution in [0.2, 0.25) is 0 Å². The Labute approximate surface area is 109 Å². The van der Waals surface area contributed by atoms with Crippen molar-refractivity contribution in [3.05, 3.63) is 12.2 Å². The molecule has 2 amide bonds. The molecule has 0 aromatic heterocycles. The van der Waals surface area contributed by atoms with Crippen LogP contribution in [0.25, 0.3) is 0 Å². The van der Waals surface area contributed by atoms with E-state index in [1.165, 1.54) is 0 Å². The normalized spacial score (nSPS) is 19.3. The first-order valence-corrected chi connectivity index (χ1v) is 5.40. The van der Waals surface area contributed by atoms with E-state index in [1.54, 1.807) is 0 Å². The second kappa shape index (κ2) is 5.71. The van der Waals surface area contributed by atoms with Crippen molar-refractivity contribution in [2.24, 2.45) is 0 Å². The lowest BCUT2D eigenvalue weighted by molar-refractivity contribution is -0.188. The fourth-order valence-corrected chi connectivity index (χ4v) is 1.56. The average Bonchev–Trinajstić information content (AvgIpc) is 2.25. The summed E-state index contributed by atoms with van der Waals surface area (Å²) in [5, 5.41) is 0. The minimum Gasteiger partial charge on any atom is -0.329 e. The van der Waals surface area contributed by atoms with Gasteiger partial charge in [-0.1, -0.05) is 12.2 Å². The second-order valence-corrected chi connectivity index (χ2v) is 3.97. The zero-order chi connectivity index (χ0) is 15.6. The van der Waals surface area contributed by atoms with Gasteiger partial charge in [-0.05, 0) is 0 Å². The number of nitrogens with zero attached hydrogens (tertiary/aromatic N) is 2. The minimum absolute atomic E-state index is 0.340. The fraction of sp³-hybridized carbons (Fsp3) is 0.600. The molecule has 0 saturated carbocycles. The number of hydrogen-bond donors (Lipinski definition) is 0. The van der Waals surface area contributed by atoms with Crippen LogP contribution < -0.4 is 0 Å². The molecule has 0 fully saturated rings. The molecule has 0 radical (unpaired) electrons. The third kappa shape index (κ3) is 4.14. The number of amides is 2. The highest BCUT2D eigenvalue weighted by Gasteiger charge is 2.44. The third-order valence-electron chi connectivity index (χ3n) is 2.52. The van der Waals surface area contributed by atoms with Crippen LogP contribution in [-0.4, -0.2) is 60.1 Å². The highest BCUT2D eigenvalue weighted by Crippen LogP contribution is 2.21. The molecule has 0 aliphatic carbocycles. The van der Waals surface area contributed by atoms with Crippen molar-refractivity contribution in [2.45, 2.75) is 12.4 Å². The van der Waals surface area contributed by atoms with Gasteiger partial charge in [0, 0.05) is 26.2 Å². The van der Waals surface area contributed by atoms with Crippen molar-refractivity contribution in [1.82, 2.24) is 9.80 Å². The van der Waals surface area contributed by atoms with Crippen LogP contribution in [-0.2, 0) is 9.59 Å². The lowest BCUT2D eigenvalue weighted by atomic mass is 10.3. The SMILES string of the molecule is O=C(N1C/C=C/CN(C(=O)C(F)(F)F)CC1)C(F)(F)F. The molecule has 1 heterocycles. The van der Waals surface area contributed by atoms with Crippen LogP contribution in [0.5, 0.6) is 0 Å². The van der Waals surface area contributed by atoms with E-state index >= 15 is 0 Å². The van der Waals surface area contributed by atoms with Gasteiger partial charge in [0.25, 0.3) is 0 Å². The summed E-state index contributed by atoms with van der Waals surface area (Å²) in [7, 11) is 0. The fourth-order valence-electron chi connectivity index (χ4n) is 1.56. The monoisotopic (exact) mass is 304 g/mol. The van der Waals surface area contributed by atoms with Gasteiger partial charge in [-0.2, -0.15) is 26.3 Å². The Morgan fingerprint density at radius 3 is 1.30 bits per heavy atom. The molecular formula is C10H10F6N2O2. The van der Waals surface area contributed by atoms with E-state index < -0.39 is 37.3 Å². The van der Waals surface area contributed by atoms with E-state index in [4.69, 9.17) is 0 Å². The van der Waals surface area contributed by atoms with Gasteiger partial charge in [-0.3, -0.25) is 9.59 Å². The van der Waals surface area contributed by atoms with E-state index in [0.29, 0.717) is 9.80 Å². The maximum Gasteiger partial charge on any atom is 0.471 e. The van der Waals surface area contributed by atoms with Crippen LogP contribution in [0.3, 0.4) is 0 Å². The van der Waals surface area contributed by atoms with Crippen molar-refractivity contribution in [3.8, 4) is 0 Å². The summed E-state index contributed by atoms with van der Waals surface area (Å²) in [5.74, 6) is -4.30. The van der Waals surface area contributed by atoms with Crippen LogP contribution >= 0.6 is 0 Å². The molecule has 20 heavy (non-hydrogen) atoms. The van der Waals surface area contributed by atoms with Gasteiger partial charge in [0.1, 0.15) is 0 Å². The largest absolute Gasteiger partial charge is 0.471 e. The highest BCUT2D eigenvalue weighted by atomic mass is 19.4. The molecule has 1 aliphatic heterocycles. The Bertz CT molecular complexity index is 377. The summed E-state index contributed by atoms with van der Waals surface area (Å²) in [6.07, 6.45) is -7.99. The molecule has 1 aliphatic rings. The molecule has 10 heteroatoms. The van der Waals surface area contributed by atoms with Crippen molar-refractivity contribution < 1.29 is 35.9 Å². The zero-order valence-electron chi connectivity index (χ0n) is 9.96. The molecule has 0 aromatic carbocycles. The van der Waals surface area contributed by atoms with Crippen molar-refractivity contribution >= 4 is 11.8 Å². The first kappa shape index (κ1) is 16.3. The van der Waals surface area contributed by atoms with Crippen LogP contribution in [0.4, 0.5) is 26.3 Å². The first-order chi connectivity index (χ1) is 9.03. The van der Waals surface area contributed by atoms with Gasteiger partial charge in [-0.15, -0.1) is 0 Å². The lowest BCUT2D eigenvalue weighted by Crippen LogP contribution is -2.49. The number of hydrogen-bond acceptors (Lipinski definition) is 2. The lowest BCUT2D eigenvalue weighted by Gasteiger charge is -2.29. The van der Waals surface area contributed by atoms with Crippen LogP contribution in [0, 0.1) is 0 Å². The van der Waals surface area contributed by atoms with E-state index in [2.05, 4.69) is 0 Å². The summed E-state index contributed by atoms with van der Waals surface area (Å²) in [4.78, 5) is 22.7. The number of halogens is 6. The van der Waals surface area contributed by atoms with Gasteiger partial charge >= 0.3 is 24.2 Å². The summed E-state index contributed by atoms with van der Waals surface area (Å²) in [6.45, 7) is -1.98. The van der Waals surface area contributed by atoms with E-state index in [9.17, 15) is 35.9 Å². The van der Waals surface area contributed by atoms with Crippen LogP contribution in [0.1, 0.15) is 0 Å². The van der Waals surface area contributed by atoms with Crippen molar-refractivity contribution in [3.63, 3.8) is 0 Å². The van der Waals surface area contributed by atoms with Gasteiger partial charge in [0.2, 0.25) is 0 Å². The standard InChI is InChI=1S/C10H10F6N2O2/c11-9(12,13)7(19)17-3-1-2-4-18(6-5-17)8(20)10(14,15)16/h1-2H,3-6H2/b2-1+. The summed E-state index contributed by atoms with van der Waals surface area (Å²) in [6, 6.07) is 0. The Hall–Kier alpha value is -1.74.